The lowest BCUT2D eigenvalue weighted by atomic mass is 9.89. The zero-order valence-electron chi connectivity index (χ0n) is 12.8. The van der Waals surface area contributed by atoms with Gasteiger partial charge < -0.3 is 5.73 Å². The molecular formula is C18H21ClF2N2. The molecule has 124 valence electrons. The first kappa shape index (κ1) is 17.9. The highest BCUT2D eigenvalue weighted by molar-refractivity contribution is 5.85. The van der Waals surface area contributed by atoms with Crippen LogP contribution < -0.4 is 5.73 Å². The molecule has 1 heterocycles. The van der Waals surface area contributed by atoms with Crippen molar-refractivity contribution in [1.29, 1.82) is 0 Å². The monoisotopic (exact) mass is 338 g/mol. The molecule has 2 nitrogen and oxygen atoms in total. The number of likely N-dealkylation sites (tertiary alicyclic amines) is 1. The maximum Gasteiger partial charge on any atom is 0.163 e. The predicted molar refractivity (Wildman–Crippen MR) is 90.6 cm³/mol. The molecule has 2 aromatic carbocycles. The van der Waals surface area contributed by atoms with E-state index in [0.717, 1.165) is 19.2 Å². The van der Waals surface area contributed by atoms with Crippen molar-refractivity contribution in [3.63, 3.8) is 0 Å². The SMILES string of the molecule is Cl.NC[C@@H]1CN(Cc2cccc(F)c2F)C[C@H]1c1ccccc1. The van der Waals surface area contributed by atoms with Gasteiger partial charge in [0.25, 0.3) is 0 Å². The highest BCUT2D eigenvalue weighted by Gasteiger charge is 2.33. The summed E-state index contributed by atoms with van der Waals surface area (Å²) >= 11 is 0. The quantitative estimate of drug-likeness (QED) is 0.923. The van der Waals surface area contributed by atoms with E-state index in [-0.39, 0.29) is 12.4 Å². The van der Waals surface area contributed by atoms with Gasteiger partial charge in [-0.05, 0) is 24.1 Å². The van der Waals surface area contributed by atoms with Gasteiger partial charge in [0, 0.05) is 31.1 Å². The van der Waals surface area contributed by atoms with Crippen LogP contribution in [0.1, 0.15) is 17.0 Å². The molecule has 1 aliphatic rings. The number of hydrogen-bond acceptors (Lipinski definition) is 2. The first-order chi connectivity index (χ1) is 10.7. The molecule has 1 saturated heterocycles. The molecular weight excluding hydrogens is 318 g/mol. The van der Waals surface area contributed by atoms with Gasteiger partial charge in [-0.2, -0.15) is 0 Å². The van der Waals surface area contributed by atoms with E-state index in [0.29, 0.717) is 30.5 Å². The summed E-state index contributed by atoms with van der Waals surface area (Å²) in [6.45, 7) is 2.65. The third-order valence-corrected chi connectivity index (χ3v) is 4.47. The molecule has 0 spiro atoms. The van der Waals surface area contributed by atoms with Gasteiger partial charge in [-0.1, -0.05) is 42.5 Å². The molecule has 0 bridgehead atoms. The highest BCUT2D eigenvalue weighted by atomic mass is 35.5. The van der Waals surface area contributed by atoms with Gasteiger partial charge in [0.2, 0.25) is 0 Å². The third kappa shape index (κ3) is 3.89. The van der Waals surface area contributed by atoms with Crippen molar-refractivity contribution in [2.24, 2.45) is 11.7 Å². The van der Waals surface area contributed by atoms with Crippen molar-refractivity contribution < 1.29 is 8.78 Å². The van der Waals surface area contributed by atoms with Crippen LogP contribution in [0.25, 0.3) is 0 Å². The van der Waals surface area contributed by atoms with E-state index in [9.17, 15) is 8.78 Å². The van der Waals surface area contributed by atoms with E-state index in [1.54, 1.807) is 12.1 Å². The maximum absolute atomic E-state index is 13.8. The fourth-order valence-corrected chi connectivity index (χ4v) is 3.32. The van der Waals surface area contributed by atoms with Gasteiger partial charge in [0.05, 0.1) is 0 Å². The van der Waals surface area contributed by atoms with Gasteiger partial charge in [0.1, 0.15) is 0 Å². The number of benzene rings is 2. The average Bonchev–Trinajstić information content (AvgIpc) is 2.96. The molecule has 2 aromatic rings. The summed E-state index contributed by atoms with van der Waals surface area (Å²) in [6, 6.07) is 14.6. The predicted octanol–water partition coefficient (Wildman–Crippen LogP) is 3.56. The van der Waals surface area contributed by atoms with Gasteiger partial charge in [-0.25, -0.2) is 8.78 Å². The second-order valence-corrected chi connectivity index (χ2v) is 5.92. The van der Waals surface area contributed by atoms with E-state index in [1.807, 2.05) is 18.2 Å². The number of nitrogens with zero attached hydrogens (tertiary/aromatic N) is 1. The lowest BCUT2D eigenvalue weighted by Crippen LogP contribution is -2.23. The minimum absolute atomic E-state index is 0. The Labute approximate surface area is 141 Å². The Kier molecular flexibility index (Phi) is 6.10. The molecule has 0 aromatic heterocycles. The van der Waals surface area contributed by atoms with Crippen LogP contribution in [0.2, 0.25) is 0 Å². The van der Waals surface area contributed by atoms with Crippen LogP contribution in [0, 0.1) is 17.6 Å². The molecule has 2 atom stereocenters. The molecule has 0 saturated carbocycles. The topological polar surface area (TPSA) is 29.3 Å². The molecule has 3 rings (SSSR count). The summed E-state index contributed by atoms with van der Waals surface area (Å²) in [6.07, 6.45) is 0. The van der Waals surface area contributed by atoms with Crippen molar-refractivity contribution in [2.75, 3.05) is 19.6 Å². The Morgan fingerprint density at radius 2 is 1.74 bits per heavy atom. The van der Waals surface area contributed by atoms with E-state index in [2.05, 4.69) is 17.0 Å². The van der Waals surface area contributed by atoms with Crippen LogP contribution in [0.4, 0.5) is 8.78 Å². The zero-order valence-corrected chi connectivity index (χ0v) is 13.6. The zero-order chi connectivity index (χ0) is 15.5. The fraction of sp³-hybridized carbons (Fsp3) is 0.333. The van der Waals surface area contributed by atoms with Crippen LogP contribution >= 0.6 is 12.4 Å². The van der Waals surface area contributed by atoms with Crippen LogP contribution in [0.15, 0.2) is 48.5 Å². The van der Waals surface area contributed by atoms with Gasteiger partial charge in [-0.15, -0.1) is 12.4 Å². The number of hydrogen-bond donors (Lipinski definition) is 1. The molecule has 2 N–H and O–H groups in total. The summed E-state index contributed by atoms with van der Waals surface area (Å²) in [5.41, 5.74) is 7.58. The normalized spacial score (nSPS) is 21.2. The summed E-state index contributed by atoms with van der Waals surface area (Å²) in [5, 5.41) is 0. The van der Waals surface area contributed by atoms with Gasteiger partial charge in [-0.3, -0.25) is 4.90 Å². The summed E-state index contributed by atoms with van der Waals surface area (Å²) in [4.78, 5) is 2.16. The molecule has 1 fully saturated rings. The van der Waals surface area contributed by atoms with Crippen LogP contribution in [-0.4, -0.2) is 24.5 Å². The Balaban J connectivity index is 0.00000192. The largest absolute Gasteiger partial charge is 0.330 e. The van der Waals surface area contributed by atoms with Gasteiger partial charge in [0.15, 0.2) is 11.6 Å². The number of rotatable bonds is 4. The molecule has 1 aliphatic heterocycles. The standard InChI is InChI=1S/C18H20F2N2.ClH/c19-17-8-4-7-14(18(17)20)10-22-11-15(9-21)16(12-22)13-5-2-1-3-6-13;/h1-8,15-16H,9-12,21H2;1H/t15-,16+;/m1./s1. The molecule has 23 heavy (non-hydrogen) atoms. The lowest BCUT2D eigenvalue weighted by molar-refractivity contribution is 0.309. The second kappa shape index (κ2) is 7.86. The van der Waals surface area contributed by atoms with Crippen molar-refractivity contribution >= 4 is 12.4 Å². The number of halogens is 3. The maximum atomic E-state index is 13.8. The van der Waals surface area contributed by atoms with E-state index >= 15 is 0 Å². The van der Waals surface area contributed by atoms with Crippen LogP contribution in [-0.2, 0) is 6.54 Å². The summed E-state index contributed by atoms with van der Waals surface area (Å²) < 4.78 is 27.2. The van der Waals surface area contributed by atoms with E-state index in [4.69, 9.17) is 5.73 Å². The van der Waals surface area contributed by atoms with Crippen molar-refractivity contribution in [3.8, 4) is 0 Å². The van der Waals surface area contributed by atoms with Crippen LogP contribution in [0.5, 0.6) is 0 Å². The summed E-state index contributed by atoms with van der Waals surface area (Å²) in [7, 11) is 0. The molecule has 0 amide bonds. The first-order valence-corrected chi connectivity index (χ1v) is 7.59. The van der Waals surface area contributed by atoms with Crippen LogP contribution in [0.3, 0.4) is 0 Å². The third-order valence-electron chi connectivity index (χ3n) is 4.47. The van der Waals surface area contributed by atoms with Crippen molar-refractivity contribution in [3.05, 3.63) is 71.3 Å². The molecule has 0 radical (unpaired) electrons. The highest BCUT2D eigenvalue weighted by Crippen LogP contribution is 2.33. The summed E-state index contributed by atoms with van der Waals surface area (Å²) in [5.74, 6) is -0.830. The van der Waals surface area contributed by atoms with E-state index in [1.165, 1.54) is 5.56 Å². The lowest BCUT2D eigenvalue weighted by Gasteiger charge is -2.17. The molecule has 5 heteroatoms. The van der Waals surface area contributed by atoms with Crippen molar-refractivity contribution in [1.82, 2.24) is 4.90 Å². The molecule has 0 unspecified atom stereocenters. The van der Waals surface area contributed by atoms with E-state index < -0.39 is 11.6 Å². The second-order valence-electron chi connectivity index (χ2n) is 5.92. The fourth-order valence-electron chi connectivity index (χ4n) is 3.32. The Morgan fingerprint density at radius 1 is 1.00 bits per heavy atom. The molecule has 0 aliphatic carbocycles. The van der Waals surface area contributed by atoms with Gasteiger partial charge >= 0.3 is 0 Å². The average molecular weight is 339 g/mol. The minimum atomic E-state index is -0.785. The minimum Gasteiger partial charge on any atom is -0.330 e. The Morgan fingerprint density at radius 3 is 2.43 bits per heavy atom. The van der Waals surface area contributed by atoms with Crippen molar-refractivity contribution in [2.45, 2.75) is 12.5 Å². The first-order valence-electron chi connectivity index (χ1n) is 7.59. The smallest absolute Gasteiger partial charge is 0.163 e. The Bertz CT molecular complexity index is 636. The Hall–Kier alpha value is -1.49. The number of nitrogens with two attached hydrogens (primary N) is 1.